The second-order valence-electron chi connectivity index (χ2n) is 6.04. The number of fused-ring (bicyclic) bond motifs is 1. The van der Waals surface area contributed by atoms with Gasteiger partial charge in [0.15, 0.2) is 0 Å². The molecule has 0 saturated carbocycles. The van der Waals surface area contributed by atoms with Crippen LogP contribution in [0.1, 0.15) is 20.8 Å². The van der Waals surface area contributed by atoms with Gasteiger partial charge in [0.1, 0.15) is 0 Å². The van der Waals surface area contributed by atoms with Crippen LogP contribution in [0.2, 0.25) is 0 Å². The molecule has 6 nitrogen and oxygen atoms in total. The Morgan fingerprint density at radius 2 is 1.76 bits per heavy atom. The summed E-state index contributed by atoms with van der Waals surface area (Å²) < 4.78 is 5.78. The molecule has 0 spiro atoms. The van der Waals surface area contributed by atoms with Crippen molar-refractivity contribution in [1.29, 1.82) is 0 Å². The zero-order valence-corrected chi connectivity index (χ0v) is 14.4. The molecule has 3 aromatic rings. The van der Waals surface area contributed by atoms with Gasteiger partial charge in [0.25, 0.3) is 0 Å². The molecule has 0 radical (unpaired) electrons. The Morgan fingerprint density at radius 1 is 1.08 bits per heavy atom. The molecule has 25 heavy (non-hydrogen) atoms. The molecule has 0 aliphatic heterocycles. The topological polar surface area (TPSA) is 90.1 Å². The molecule has 0 atom stereocenters. The Labute approximate surface area is 146 Å². The maximum Gasteiger partial charge on any atom is 0.226 e. The maximum absolute atomic E-state index is 11.1. The third-order valence-electron chi connectivity index (χ3n) is 3.56. The summed E-state index contributed by atoms with van der Waals surface area (Å²) in [7, 11) is 0. The Morgan fingerprint density at radius 3 is 2.40 bits per heavy atom. The van der Waals surface area contributed by atoms with E-state index < -0.39 is 0 Å². The van der Waals surface area contributed by atoms with Crippen LogP contribution in [0.3, 0.4) is 0 Å². The molecular formula is C19H20N4O2. The summed E-state index contributed by atoms with van der Waals surface area (Å²) >= 11 is 0. The van der Waals surface area contributed by atoms with E-state index in [1.807, 2.05) is 56.3 Å². The second-order valence-corrected chi connectivity index (χ2v) is 6.04. The molecule has 3 rings (SSSR count). The molecule has 128 valence electrons. The molecule has 0 bridgehead atoms. The number of carbonyl (C=O) groups excluding carboxylic acids is 1. The van der Waals surface area contributed by atoms with Gasteiger partial charge < -0.3 is 15.8 Å². The van der Waals surface area contributed by atoms with E-state index in [0.29, 0.717) is 5.88 Å². The van der Waals surface area contributed by atoms with Crippen LogP contribution in [0, 0.1) is 0 Å². The molecule has 1 aromatic heterocycles. The van der Waals surface area contributed by atoms with Crippen molar-refractivity contribution in [3.05, 3.63) is 42.5 Å². The quantitative estimate of drug-likeness (QED) is 0.759. The number of aromatic nitrogens is 2. The highest BCUT2D eigenvalue weighted by atomic mass is 16.5. The number of ether oxygens (including phenoxy) is 1. The van der Waals surface area contributed by atoms with Crippen molar-refractivity contribution in [2.45, 2.75) is 26.9 Å². The van der Waals surface area contributed by atoms with Crippen molar-refractivity contribution in [3.63, 3.8) is 0 Å². The number of carbonyl (C=O) groups is 1. The Kier molecular flexibility index (Phi) is 4.52. The lowest BCUT2D eigenvalue weighted by Crippen LogP contribution is -2.09. The minimum Gasteiger partial charge on any atom is -0.474 e. The number of nitrogen functional groups attached to an aromatic ring is 1. The number of hydrogen-bond donors (Lipinski definition) is 2. The molecule has 1 heterocycles. The van der Waals surface area contributed by atoms with E-state index in [1.165, 1.54) is 6.92 Å². The van der Waals surface area contributed by atoms with E-state index in [4.69, 9.17) is 10.5 Å². The van der Waals surface area contributed by atoms with Crippen molar-refractivity contribution in [3.8, 4) is 17.0 Å². The van der Waals surface area contributed by atoms with Crippen molar-refractivity contribution in [2.75, 3.05) is 11.1 Å². The summed E-state index contributed by atoms with van der Waals surface area (Å²) in [6.45, 7) is 5.36. The standard InChI is InChI=1S/C19H20N4O2/c1-11(2)25-18-16-10-14(6-9-17(16)22-19(20)23-18)13-4-7-15(8-5-13)21-12(3)24/h4-11H,1-3H3,(H,21,24)(H2,20,22,23). The van der Waals surface area contributed by atoms with Gasteiger partial charge in [-0.1, -0.05) is 18.2 Å². The first-order valence-electron chi connectivity index (χ1n) is 8.04. The molecule has 6 heteroatoms. The first-order chi connectivity index (χ1) is 11.9. The van der Waals surface area contributed by atoms with Gasteiger partial charge in [-0.15, -0.1) is 0 Å². The summed E-state index contributed by atoms with van der Waals surface area (Å²) in [5.74, 6) is 0.577. The largest absolute Gasteiger partial charge is 0.474 e. The molecule has 0 unspecified atom stereocenters. The van der Waals surface area contributed by atoms with Gasteiger partial charge in [0.2, 0.25) is 17.7 Å². The van der Waals surface area contributed by atoms with Crippen LogP contribution in [0.25, 0.3) is 22.0 Å². The normalized spacial score (nSPS) is 10.9. The monoisotopic (exact) mass is 336 g/mol. The first-order valence-corrected chi connectivity index (χ1v) is 8.04. The lowest BCUT2D eigenvalue weighted by atomic mass is 10.0. The molecule has 1 amide bonds. The number of hydrogen-bond acceptors (Lipinski definition) is 5. The fraction of sp³-hybridized carbons (Fsp3) is 0.211. The van der Waals surface area contributed by atoms with E-state index in [1.54, 1.807) is 0 Å². The fourth-order valence-electron chi connectivity index (χ4n) is 2.56. The van der Waals surface area contributed by atoms with Crippen molar-refractivity contribution in [2.24, 2.45) is 0 Å². The number of nitrogens with one attached hydrogen (secondary N) is 1. The highest BCUT2D eigenvalue weighted by Gasteiger charge is 2.11. The third kappa shape index (κ3) is 3.85. The first kappa shape index (κ1) is 16.7. The van der Waals surface area contributed by atoms with Gasteiger partial charge in [0.05, 0.1) is 17.0 Å². The van der Waals surface area contributed by atoms with Gasteiger partial charge in [-0.2, -0.15) is 4.98 Å². The summed E-state index contributed by atoms with van der Waals surface area (Å²) in [6.07, 6.45) is -0.0157. The summed E-state index contributed by atoms with van der Waals surface area (Å²) in [6, 6.07) is 13.5. The Balaban J connectivity index is 2.02. The van der Waals surface area contributed by atoms with Crippen molar-refractivity contribution < 1.29 is 9.53 Å². The number of amides is 1. The van der Waals surface area contributed by atoms with Crippen molar-refractivity contribution >= 4 is 28.4 Å². The third-order valence-corrected chi connectivity index (χ3v) is 3.56. The highest BCUT2D eigenvalue weighted by molar-refractivity contribution is 5.90. The number of nitrogens with two attached hydrogens (primary N) is 1. The lowest BCUT2D eigenvalue weighted by Gasteiger charge is -2.12. The summed E-state index contributed by atoms with van der Waals surface area (Å²) in [5.41, 5.74) is 9.29. The fourth-order valence-corrected chi connectivity index (χ4v) is 2.56. The Hall–Kier alpha value is -3.15. The van der Waals surface area contributed by atoms with Crippen LogP contribution < -0.4 is 15.8 Å². The van der Waals surface area contributed by atoms with Crippen LogP contribution in [-0.4, -0.2) is 22.0 Å². The van der Waals surface area contributed by atoms with E-state index in [-0.39, 0.29) is 18.0 Å². The van der Waals surface area contributed by atoms with Crippen LogP contribution in [0.5, 0.6) is 5.88 Å². The second kappa shape index (κ2) is 6.76. The van der Waals surface area contributed by atoms with Crippen LogP contribution in [0.4, 0.5) is 11.6 Å². The molecule has 0 aliphatic rings. The van der Waals surface area contributed by atoms with Crippen LogP contribution in [0.15, 0.2) is 42.5 Å². The Bertz CT molecular complexity index is 921. The molecular weight excluding hydrogens is 316 g/mol. The van der Waals surface area contributed by atoms with Crippen LogP contribution in [-0.2, 0) is 4.79 Å². The van der Waals surface area contributed by atoms with Gasteiger partial charge in [0, 0.05) is 12.6 Å². The average Bonchev–Trinajstić information content (AvgIpc) is 2.54. The molecule has 2 aromatic carbocycles. The number of rotatable bonds is 4. The summed E-state index contributed by atoms with van der Waals surface area (Å²) in [4.78, 5) is 19.6. The molecule has 0 saturated heterocycles. The lowest BCUT2D eigenvalue weighted by molar-refractivity contribution is -0.114. The minimum atomic E-state index is -0.0938. The zero-order chi connectivity index (χ0) is 18.0. The number of benzene rings is 2. The minimum absolute atomic E-state index is 0.0157. The molecule has 0 aliphatic carbocycles. The zero-order valence-electron chi connectivity index (χ0n) is 14.4. The van der Waals surface area contributed by atoms with E-state index in [2.05, 4.69) is 15.3 Å². The smallest absolute Gasteiger partial charge is 0.226 e. The van der Waals surface area contributed by atoms with Gasteiger partial charge >= 0.3 is 0 Å². The predicted octanol–water partition coefficient (Wildman–Crippen LogP) is 3.62. The van der Waals surface area contributed by atoms with E-state index >= 15 is 0 Å². The van der Waals surface area contributed by atoms with Gasteiger partial charge in [-0.25, -0.2) is 4.98 Å². The maximum atomic E-state index is 11.1. The van der Waals surface area contributed by atoms with Crippen molar-refractivity contribution in [1.82, 2.24) is 9.97 Å². The average molecular weight is 336 g/mol. The number of nitrogens with zero attached hydrogens (tertiary/aromatic N) is 2. The predicted molar refractivity (Wildman–Crippen MR) is 99.5 cm³/mol. The van der Waals surface area contributed by atoms with E-state index in [9.17, 15) is 4.79 Å². The van der Waals surface area contributed by atoms with E-state index in [0.717, 1.165) is 27.7 Å². The molecule has 3 N–H and O–H groups in total. The van der Waals surface area contributed by atoms with Crippen LogP contribution >= 0.6 is 0 Å². The SMILES string of the molecule is CC(=O)Nc1ccc(-c2ccc3nc(N)nc(OC(C)C)c3c2)cc1. The van der Waals surface area contributed by atoms with Gasteiger partial charge in [-0.3, -0.25) is 4.79 Å². The highest BCUT2D eigenvalue weighted by Crippen LogP contribution is 2.30. The number of anilines is 2. The summed E-state index contributed by atoms with van der Waals surface area (Å²) in [5, 5.41) is 3.57. The molecule has 0 fully saturated rings. The van der Waals surface area contributed by atoms with Gasteiger partial charge in [-0.05, 0) is 49.2 Å².